The van der Waals surface area contributed by atoms with E-state index in [1.54, 1.807) is 19.1 Å². The normalized spacial score (nSPS) is 13.0. The second kappa shape index (κ2) is 5.92. The number of amides is 1. The molecule has 3 heteroatoms. The molecule has 64 valence electrons. The average Bonchev–Trinajstić information content (AvgIpc) is 2.70. The van der Waals surface area contributed by atoms with Crippen molar-refractivity contribution >= 4 is 5.91 Å². The molecule has 1 rings (SSSR count). The highest BCUT2D eigenvalue weighted by Gasteiger charge is 1.95. The van der Waals surface area contributed by atoms with E-state index >= 15 is 0 Å². The molecule has 1 N–H and O–H groups in total. The lowest BCUT2D eigenvalue weighted by Crippen LogP contribution is -2.34. The van der Waals surface area contributed by atoms with Gasteiger partial charge in [0, 0.05) is 14.1 Å². The molecule has 0 spiro atoms. The van der Waals surface area contributed by atoms with Crippen molar-refractivity contribution in [3.63, 3.8) is 0 Å². The zero-order chi connectivity index (χ0) is 8.69. The van der Waals surface area contributed by atoms with E-state index in [1.165, 1.54) is 25.3 Å². The van der Waals surface area contributed by atoms with Gasteiger partial charge in [-0.25, -0.2) is 5.01 Å². The molecule has 1 saturated carbocycles. The Labute approximate surface area is 68.0 Å². The minimum absolute atomic E-state index is 0.185. The van der Waals surface area contributed by atoms with Crippen molar-refractivity contribution in [1.82, 2.24) is 10.4 Å². The van der Waals surface area contributed by atoms with E-state index in [1.807, 2.05) is 0 Å². The van der Waals surface area contributed by atoms with E-state index in [-0.39, 0.29) is 5.91 Å². The zero-order valence-electron chi connectivity index (χ0n) is 7.26. The fourth-order valence-corrected chi connectivity index (χ4v) is 0.266. The van der Waals surface area contributed by atoms with Crippen LogP contribution in [0.25, 0.3) is 0 Å². The highest BCUT2D eigenvalue weighted by Crippen LogP contribution is 2.14. The van der Waals surface area contributed by atoms with Crippen LogP contribution in [0.4, 0.5) is 0 Å². The van der Waals surface area contributed by atoms with Gasteiger partial charge in [0.1, 0.15) is 0 Å². The molecule has 0 radical (unpaired) electrons. The van der Waals surface area contributed by atoms with E-state index in [4.69, 9.17) is 0 Å². The topological polar surface area (TPSA) is 32.3 Å². The minimum Gasteiger partial charge on any atom is -0.286 e. The number of hydrogen-bond donors (Lipinski definition) is 1. The van der Waals surface area contributed by atoms with Crippen LogP contribution in [-0.2, 0) is 4.79 Å². The maximum absolute atomic E-state index is 10.4. The summed E-state index contributed by atoms with van der Waals surface area (Å²) in [7, 11) is 3.48. The largest absolute Gasteiger partial charge is 0.286 e. The van der Waals surface area contributed by atoms with Crippen LogP contribution in [0.3, 0.4) is 0 Å². The first kappa shape index (κ1) is 10.2. The fraction of sp³-hybridized carbons (Fsp3) is 0.625. The summed E-state index contributed by atoms with van der Waals surface area (Å²) in [5, 5.41) is 1.56. The predicted molar refractivity (Wildman–Crippen MR) is 45.9 cm³/mol. The van der Waals surface area contributed by atoms with E-state index in [9.17, 15) is 4.79 Å². The van der Waals surface area contributed by atoms with Gasteiger partial charge < -0.3 is 0 Å². The molecule has 1 aliphatic rings. The summed E-state index contributed by atoms with van der Waals surface area (Å²) in [5.41, 5.74) is 2.47. The summed E-state index contributed by atoms with van der Waals surface area (Å²) in [5.74, 6) is -0.185. The van der Waals surface area contributed by atoms with Gasteiger partial charge in [-0.3, -0.25) is 10.2 Å². The highest BCUT2D eigenvalue weighted by atomic mass is 16.2. The molecule has 11 heavy (non-hydrogen) atoms. The SMILES string of the molecule is C1CC1.C=CC(=O)NN(C)C. The van der Waals surface area contributed by atoms with Gasteiger partial charge >= 0.3 is 0 Å². The number of carbonyl (C=O) groups excluding carboxylic acids is 1. The molecule has 0 aliphatic heterocycles. The lowest BCUT2D eigenvalue weighted by Gasteiger charge is -2.07. The number of hydrogen-bond acceptors (Lipinski definition) is 2. The number of carbonyl (C=O) groups is 1. The molecule has 0 aromatic rings. The van der Waals surface area contributed by atoms with Gasteiger partial charge in [-0.05, 0) is 6.08 Å². The van der Waals surface area contributed by atoms with Gasteiger partial charge in [-0.1, -0.05) is 25.8 Å². The Morgan fingerprint density at radius 3 is 2.00 bits per heavy atom. The molecule has 0 aromatic carbocycles. The standard InChI is InChI=1S/C5H10N2O.C3H6/c1-4-5(8)6-7(2)3;1-2-3-1/h4H,1H2,2-3H3,(H,6,8);1-3H2. The molecule has 1 amide bonds. The van der Waals surface area contributed by atoms with Crippen LogP contribution in [-0.4, -0.2) is 25.0 Å². The van der Waals surface area contributed by atoms with Gasteiger partial charge in [0.25, 0.3) is 5.91 Å². The average molecular weight is 156 g/mol. The third kappa shape index (κ3) is 12.4. The first-order valence-electron chi connectivity index (χ1n) is 3.77. The van der Waals surface area contributed by atoms with E-state index < -0.39 is 0 Å². The number of rotatable bonds is 2. The Morgan fingerprint density at radius 2 is 1.91 bits per heavy atom. The third-order valence-electron chi connectivity index (χ3n) is 0.873. The maximum Gasteiger partial charge on any atom is 0.257 e. The third-order valence-corrected chi connectivity index (χ3v) is 0.873. The predicted octanol–water partition coefficient (Wildman–Crippen LogP) is 0.935. The lowest BCUT2D eigenvalue weighted by molar-refractivity contribution is -0.120. The van der Waals surface area contributed by atoms with Crippen LogP contribution < -0.4 is 5.43 Å². The van der Waals surface area contributed by atoms with Crippen LogP contribution in [0.15, 0.2) is 12.7 Å². The summed E-state index contributed by atoms with van der Waals surface area (Å²) >= 11 is 0. The van der Waals surface area contributed by atoms with Crippen molar-refractivity contribution in [2.45, 2.75) is 19.3 Å². The van der Waals surface area contributed by atoms with Crippen molar-refractivity contribution in [3.05, 3.63) is 12.7 Å². The summed E-state index contributed by atoms with van der Waals surface area (Å²) in [4.78, 5) is 10.4. The molecular formula is C8H16N2O. The quantitative estimate of drug-likeness (QED) is 0.476. The van der Waals surface area contributed by atoms with Crippen molar-refractivity contribution in [3.8, 4) is 0 Å². The summed E-state index contributed by atoms with van der Waals surface area (Å²) < 4.78 is 0. The van der Waals surface area contributed by atoms with Crippen molar-refractivity contribution in [2.24, 2.45) is 0 Å². The van der Waals surface area contributed by atoms with E-state index in [0.717, 1.165) is 0 Å². The van der Waals surface area contributed by atoms with Gasteiger partial charge in [0.2, 0.25) is 0 Å². The van der Waals surface area contributed by atoms with Gasteiger partial charge in [0.05, 0.1) is 0 Å². The first-order chi connectivity index (χ1) is 5.16. The van der Waals surface area contributed by atoms with Gasteiger partial charge in [0.15, 0.2) is 0 Å². The minimum atomic E-state index is -0.185. The summed E-state index contributed by atoms with van der Waals surface area (Å²) in [6, 6.07) is 0. The van der Waals surface area contributed by atoms with E-state index in [0.29, 0.717) is 0 Å². The zero-order valence-corrected chi connectivity index (χ0v) is 7.26. The lowest BCUT2D eigenvalue weighted by atomic mass is 10.6. The molecule has 1 aliphatic carbocycles. The fourth-order valence-electron chi connectivity index (χ4n) is 0.266. The second-order valence-electron chi connectivity index (χ2n) is 2.64. The van der Waals surface area contributed by atoms with Gasteiger partial charge in [-0.15, -0.1) is 0 Å². The molecule has 0 unspecified atom stereocenters. The Bertz CT molecular complexity index is 127. The van der Waals surface area contributed by atoms with Crippen molar-refractivity contribution < 1.29 is 4.79 Å². The number of nitrogens with one attached hydrogen (secondary N) is 1. The van der Waals surface area contributed by atoms with Crippen molar-refractivity contribution in [1.29, 1.82) is 0 Å². The number of hydrazine groups is 1. The Kier molecular flexibility index (Phi) is 5.47. The van der Waals surface area contributed by atoms with E-state index in [2.05, 4.69) is 12.0 Å². The van der Waals surface area contributed by atoms with Crippen LogP contribution in [0.1, 0.15) is 19.3 Å². The Morgan fingerprint density at radius 1 is 1.45 bits per heavy atom. The molecule has 0 bridgehead atoms. The van der Waals surface area contributed by atoms with Crippen LogP contribution in [0.5, 0.6) is 0 Å². The Balaban J connectivity index is 0.000000271. The Hall–Kier alpha value is -0.830. The maximum atomic E-state index is 10.4. The smallest absolute Gasteiger partial charge is 0.257 e. The molecule has 1 fully saturated rings. The molecule has 3 nitrogen and oxygen atoms in total. The molecular weight excluding hydrogens is 140 g/mol. The molecule has 0 aromatic heterocycles. The van der Waals surface area contributed by atoms with Crippen molar-refractivity contribution in [2.75, 3.05) is 14.1 Å². The van der Waals surface area contributed by atoms with Gasteiger partial charge in [-0.2, -0.15) is 0 Å². The summed E-state index contributed by atoms with van der Waals surface area (Å²) in [6.07, 6.45) is 5.72. The molecule has 0 atom stereocenters. The summed E-state index contributed by atoms with van der Waals surface area (Å²) in [6.45, 7) is 3.27. The van der Waals surface area contributed by atoms with Crippen LogP contribution >= 0.6 is 0 Å². The highest BCUT2D eigenvalue weighted by molar-refractivity contribution is 5.86. The molecule has 0 heterocycles. The monoisotopic (exact) mass is 156 g/mol. The van der Waals surface area contributed by atoms with Crippen LogP contribution in [0.2, 0.25) is 0 Å². The second-order valence-corrected chi connectivity index (χ2v) is 2.64. The molecule has 0 saturated heterocycles. The first-order valence-corrected chi connectivity index (χ1v) is 3.77. The van der Waals surface area contributed by atoms with Crippen LogP contribution in [0, 0.1) is 0 Å². The number of nitrogens with zero attached hydrogens (tertiary/aromatic N) is 1.